The number of benzene rings is 2. The molecule has 4 rings (SSSR count). The summed E-state index contributed by atoms with van der Waals surface area (Å²) in [4.78, 5) is 28.5. The molecule has 2 fully saturated rings. The Balaban J connectivity index is 1.30. The zero-order valence-electron chi connectivity index (χ0n) is 14.9. The third-order valence-corrected chi connectivity index (χ3v) is 5.46. The number of rotatable bonds is 4. The number of piperidine rings is 1. The highest BCUT2D eigenvalue weighted by molar-refractivity contribution is 6.04. The molecule has 2 heterocycles. The monoisotopic (exact) mass is 368 g/mol. The van der Waals surface area contributed by atoms with Crippen molar-refractivity contribution in [3.63, 3.8) is 0 Å². The van der Waals surface area contributed by atoms with Crippen molar-refractivity contribution in [1.82, 2.24) is 4.90 Å². The van der Waals surface area contributed by atoms with Crippen LogP contribution in [0.25, 0.3) is 0 Å². The predicted molar refractivity (Wildman–Crippen MR) is 98.9 cm³/mol. The fraction of sp³-hybridized carbons (Fsp3) is 0.333. The summed E-state index contributed by atoms with van der Waals surface area (Å²) in [6.07, 6.45) is 1.27. The summed E-state index contributed by atoms with van der Waals surface area (Å²) in [5.41, 5.74) is 0.184. The van der Waals surface area contributed by atoms with Gasteiger partial charge in [-0.05, 0) is 43.2 Å². The number of halogens is 1. The zero-order valence-corrected chi connectivity index (χ0v) is 14.9. The number of nitrogens with zero attached hydrogens (tertiary/aromatic N) is 2. The van der Waals surface area contributed by atoms with Gasteiger partial charge in [0.2, 0.25) is 5.91 Å². The van der Waals surface area contributed by atoms with Crippen molar-refractivity contribution >= 4 is 17.5 Å². The number of hydrogen-bond acceptors (Lipinski definition) is 3. The number of β-lactam (4-membered cyclic amide) rings is 1. The standard InChI is InChI=1S/C21H21FN2O3/c22-16-5-4-6-17(13-16)24-15-21(20(24)26)9-11-23(12-10-21)19(25)14-27-18-7-2-1-3-8-18/h1-8,13H,9-12,14-15H2. The van der Waals surface area contributed by atoms with Crippen molar-refractivity contribution in [2.24, 2.45) is 5.41 Å². The first-order valence-corrected chi connectivity index (χ1v) is 9.11. The van der Waals surface area contributed by atoms with E-state index in [0.29, 0.717) is 43.9 Å². The molecule has 27 heavy (non-hydrogen) atoms. The predicted octanol–water partition coefficient (Wildman–Crippen LogP) is 2.86. The van der Waals surface area contributed by atoms with Crippen LogP contribution < -0.4 is 9.64 Å². The molecule has 1 spiro atoms. The number of likely N-dealkylation sites (tertiary alicyclic amines) is 1. The van der Waals surface area contributed by atoms with Gasteiger partial charge >= 0.3 is 0 Å². The van der Waals surface area contributed by atoms with E-state index < -0.39 is 5.41 Å². The van der Waals surface area contributed by atoms with Crippen LogP contribution in [0, 0.1) is 11.2 Å². The summed E-state index contributed by atoms with van der Waals surface area (Å²) in [5.74, 6) is 0.280. The highest BCUT2D eigenvalue weighted by atomic mass is 19.1. The molecule has 2 aromatic rings. The minimum absolute atomic E-state index is 0.000374. The molecule has 0 saturated carbocycles. The Hall–Kier alpha value is -2.89. The van der Waals surface area contributed by atoms with E-state index >= 15 is 0 Å². The van der Waals surface area contributed by atoms with Gasteiger partial charge in [-0.1, -0.05) is 24.3 Å². The molecule has 0 aliphatic carbocycles. The molecule has 0 radical (unpaired) electrons. The largest absolute Gasteiger partial charge is 0.484 e. The topological polar surface area (TPSA) is 49.9 Å². The minimum Gasteiger partial charge on any atom is -0.484 e. The number of carbonyl (C=O) groups excluding carboxylic acids is 2. The van der Waals surface area contributed by atoms with Crippen LogP contribution in [0.2, 0.25) is 0 Å². The second kappa shape index (κ2) is 7.02. The van der Waals surface area contributed by atoms with Crippen LogP contribution in [-0.2, 0) is 9.59 Å². The third kappa shape index (κ3) is 3.39. The number of carbonyl (C=O) groups is 2. The first-order valence-electron chi connectivity index (χ1n) is 9.11. The van der Waals surface area contributed by atoms with Crippen LogP contribution in [0.15, 0.2) is 54.6 Å². The average molecular weight is 368 g/mol. The Morgan fingerprint density at radius 3 is 2.48 bits per heavy atom. The number of anilines is 1. The molecule has 2 amide bonds. The molecule has 2 saturated heterocycles. The summed E-state index contributed by atoms with van der Waals surface area (Å²) >= 11 is 0. The number of ether oxygens (including phenoxy) is 1. The van der Waals surface area contributed by atoms with Gasteiger partial charge in [0.05, 0.1) is 5.41 Å². The second-order valence-electron chi connectivity index (χ2n) is 7.13. The Morgan fingerprint density at radius 2 is 1.81 bits per heavy atom. The summed E-state index contributed by atoms with van der Waals surface area (Å²) in [7, 11) is 0. The van der Waals surface area contributed by atoms with E-state index in [1.807, 2.05) is 30.3 Å². The van der Waals surface area contributed by atoms with Crippen LogP contribution >= 0.6 is 0 Å². The number of hydrogen-bond donors (Lipinski definition) is 0. The molecule has 0 aromatic heterocycles. The molecule has 0 atom stereocenters. The van der Waals surface area contributed by atoms with E-state index in [0.717, 1.165) is 0 Å². The molecule has 0 N–H and O–H groups in total. The van der Waals surface area contributed by atoms with Crippen LogP contribution in [0.4, 0.5) is 10.1 Å². The van der Waals surface area contributed by atoms with E-state index in [-0.39, 0.29) is 24.2 Å². The lowest BCUT2D eigenvalue weighted by Crippen LogP contribution is -2.65. The maximum Gasteiger partial charge on any atom is 0.260 e. The van der Waals surface area contributed by atoms with Crippen molar-refractivity contribution < 1.29 is 18.7 Å². The van der Waals surface area contributed by atoms with Crippen molar-refractivity contribution in [2.75, 3.05) is 31.1 Å². The molecule has 2 aliphatic rings. The Morgan fingerprint density at radius 1 is 1.07 bits per heavy atom. The first-order chi connectivity index (χ1) is 13.1. The highest BCUT2D eigenvalue weighted by Crippen LogP contribution is 2.44. The van der Waals surface area contributed by atoms with Crippen molar-refractivity contribution in [2.45, 2.75) is 12.8 Å². The van der Waals surface area contributed by atoms with Gasteiger partial charge in [-0.3, -0.25) is 9.59 Å². The van der Waals surface area contributed by atoms with Gasteiger partial charge in [0.1, 0.15) is 11.6 Å². The SMILES string of the molecule is O=C(COc1ccccc1)N1CCC2(CC1)CN(c1cccc(F)c1)C2=O. The second-order valence-corrected chi connectivity index (χ2v) is 7.13. The molecule has 2 aromatic carbocycles. The average Bonchev–Trinajstić information content (AvgIpc) is 2.71. The summed E-state index contributed by atoms with van der Waals surface area (Å²) < 4.78 is 18.9. The van der Waals surface area contributed by atoms with Gasteiger partial charge in [0, 0.05) is 25.3 Å². The quantitative estimate of drug-likeness (QED) is 0.780. The Bertz CT molecular complexity index is 848. The van der Waals surface area contributed by atoms with Crippen LogP contribution in [0.3, 0.4) is 0 Å². The van der Waals surface area contributed by atoms with Crippen molar-refractivity contribution in [1.29, 1.82) is 0 Å². The lowest BCUT2D eigenvalue weighted by atomic mass is 9.71. The van der Waals surface area contributed by atoms with Crippen molar-refractivity contribution in [3.05, 3.63) is 60.4 Å². The van der Waals surface area contributed by atoms with Crippen LogP contribution in [0.5, 0.6) is 5.75 Å². The van der Waals surface area contributed by atoms with Gasteiger partial charge in [-0.15, -0.1) is 0 Å². The number of para-hydroxylation sites is 1. The molecule has 5 nitrogen and oxygen atoms in total. The van der Waals surface area contributed by atoms with Gasteiger partial charge in [0.25, 0.3) is 5.91 Å². The van der Waals surface area contributed by atoms with Crippen molar-refractivity contribution in [3.8, 4) is 5.75 Å². The van der Waals surface area contributed by atoms with Gasteiger partial charge in [0.15, 0.2) is 6.61 Å². The molecule has 140 valence electrons. The van der Waals surface area contributed by atoms with Gasteiger partial charge in [-0.25, -0.2) is 4.39 Å². The Labute approximate surface area is 157 Å². The summed E-state index contributed by atoms with van der Waals surface area (Å²) in [6.45, 7) is 1.66. The molecule has 0 bridgehead atoms. The first kappa shape index (κ1) is 17.5. The normalized spacial score (nSPS) is 18.3. The lowest BCUT2D eigenvalue weighted by Gasteiger charge is -2.52. The van der Waals surface area contributed by atoms with E-state index in [1.165, 1.54) is 12.1 Å². The molecule has 6 heteroatoms. The van der Waals surface area contributed by atoms with Crippen LogP contribution in [-0.4, -0.2) is 43.0 Å². The highest BCUT2D eigenvalue weighted by Gasteiger charge is 2.53. The van der Waals surface area contributed by atoms with E-state index in [1.54, 1.807) is 21.9 Å². The maximum absolute atomic E-state index is 13.4. The molecule has 2 aliphatic heterocycles. The summed E-state index contributed by atoms with van der Waals surface area (Å²) in [5, 5.41) is 0. The minimum atomic E-state index is -0.413. The smallest absolute Gasteiger partial charge is 0.260 e. The van der Waals surface area contributed by atoms with Gasteiger partial charge < -0.3 is 14.5 Å². The molecular weight excluding hydrogens is 347 g/mol. The zero-order chi connectivity index (χ0) is 18.9. The van der Waals surface area contributed by atoms with E-state index in [4.69, 9.17) is 4.74 Å². The Kier molecular flexibility index (Phi) is 4.56. The van der Waals surface area contributed by atoms with Crippen LogP contribution in [0.1, 0.15) is 12.8 Å². The summed E-state index contributed by atoms with van der Waals surface area (Å²) in [6, 6.07) is 15.3. The number of amides is 2. The third-order valence-electron chi connectivity index (χ3n) is 5.46. The maximum atomic E-state index is 13.4. The van der Waals surface area contributed by atoms with E-state index in [9.17, 15) is 14.0 Å². The van der Waals surface area contributed by atoms with E-state index in [2.05, 4.69) is 0 Å². The van der Waals surface area contributed by atoms with Gasteiger partial charge in [-0.2, -0.15) is 0 Å². The molecule has 0 unspecified atom stereocenters. The molecular formula is C21H21FN2O3. The fourth-order valence-corrected chi connectivity index (χ4v) is 3.80. The lowest BCUT2D eigenvalue weighted by molar-refractivity contribution is -0.145. The fourth-order valence-electron chi connectivity index (χ4n) is 3.80.